The van der Waals surface area contributed by atoms with E-state index in [1.54, 1.807) is 18.2 Å². The van der Waals surface area contributed by atoms with Crippen molar-refractivity contribution in [3.05, 3.63) is 75.6 Å². The maximum Gasteiger partial charge on any atom is 0.337 e. The number of amides is 2. The van der Waals surface area contributed by atoms with Gasteiger partial charge in [0.2, 0.25) is 5.91 Å². The van der Waals surface area contributed by atoms with E-state index >= 15 is 0 Å². The SMILES string of the molecule is COC(=O)c1cccc(C(=O)N[C@@H](Cc2cc(=O)oc3cc(OC)ccc23)C(N)=O)c1. The molecule has 0 aliphatic rings. The second-order valence-corrected chi connectivity index (χ2v) is 6.66. The fraction of sp³-hybridized carbons (Fsp3) is 0.182. The van der Waals surface area contributed by atoms with Gasteiger partial charge in [0, 0.05) is 29.5 Å². The smallest absolute Gasteiger partial charge is 0.337 e. The molecule has 0 aliphatic heterocycles. The molecule has 2 amide bonds. The lowest BCUT2D eigenvalue weighted by atomic mass is 10.0. The van der Waals surface area contributed by atoms with Crippen LogP contribution in [0.2, 0.25) is 0 Å². The Morgan fingerprint density at radius 2 is 1.81 bits per heavy atom. The summed E-state index contributed by atoms with van der Waals surface area (Å²) in [6.45, 7) is 0. The minimum atomic E-state index is -1.11. The standard InChI is InChI=1S/C22H20N2O7/c1-29-15-6-7-16-14(10-19(25)31-18(16)11-15)9-17(20(23)26)24-21(27)12-4-3-5-13(8-12)22(28)30-2/h3-8,10-11,17H,9H2,1-2H3,(H2,23,26)(H,24,27)/t17-/m0/s1. The molecule has 3 rings (SSSR count). The lowest BCUT2D eigenvalue weighted by Gasteiger charge is -2.17. The zero-order valence-electron chi connectivity index (χ0n) is 16.8. The largest absolute Gasteiger partial charge is 0.497 e. The molecule has 9 heteroatoms. The second kappa shape index (κ2) is 9.12. The Labute approximate surface area is 176 Å². The zero-order chi connectivity index (χ0) is 22.5. The van der Waals surface area contributed by atoms with E-state index in [-0.39, 0.29) is 23.1 Å². The molecule has 31 heavy (non-hydrogen) atoms. The van der Waals surface area contributed by atoms with Crippen molar-refractivity contribution in [2.45, 2.75) is 12.5 Å². The molecule has 0 bridgehead atoms. The first-order valence-electron chi connectivity index (χ1n) is 9.21. The first-order chi connectivity index (χ1) is 14.8. The molecule has 160 valence electrons. The Morgan fingerprint density at radius 1 is 1.06 bits per heavy atom. The molecule has 2 aromatic carbocycles. The lowest BCUT2D eigenvalue weighted by molar-refractivity contribution is -0.119. The summed E-state index contributed by atoms with van der Waals surface area (Å²) < 4.78 is 15.0. The molecule has 1 heterocycles. The Balaban J connectivity index is 1.89. The number of hydrogen-bond acceptors (Lipinski definition) is 7. The number of carbonyl (C=O) groups is 3. The van der Waals surface area contributed by atoms with Crippen LogP contribution in [0.15, 0.2) is 57.7 Å². The van der Waals surface area contributed by atoms with Crippen LogP contribution >= 0.6 is 0 Å². The van der Waals surface area contributed by atoms with E-state index in [2.05, 4.69) is 10.1 Å². The van der Waals surface area contributed by atoms with Gasteiger partial charge in [0.05, 0.1) is 19.8 Å². The van der Waals surface area contributed by atoms with Crippen molar-refractivity contribution < 1.29 is 28.3 Å². The van der Waals surface area contributed by atoms with Crippen molar-refractivity contribution in [2.75, 3.05) is 14.2 Å². The van der Waals surface area contributed by atoms with Gasteiger partial charge in [0.25, 0.3) is 5.91 Å². The molecule has 0 fully saturated rings. The van der Waals surface area contributed by atoms with Crippen LogP contribution in [0, 0.1) is 0 Å². The van der Waals surface area contributed by atoms with Gasteiger partial charge in [-0.25, -0.2) is 9.59 Å². The highest BCUT2D eigenvalue weighted by molar-refractivity contribution is 6.00. The highest BCUT2D eigenvalue weighted by Crippen LogP contribution is 2.23. The summed E-state index contributed by atoms with van der Waals surface area (Å²) in [6, 6.07) is 10.9. The average molecular weight is 424 g/mol. The van der Waals surface area contributed by atoms with Crippen LogP contribution in [-0.4, -0.2) is 38.0 Å². The van der Waals surface area contributed by atoms with Crippen molar-refractivity contribution in [1.29, 1.82) is 0 Å². The molecule has 0 saturated heterocycles. The van der Waals surface area contributed by atoms with E-state index in [1.165, 1.54) is 44.6 Å². The van der Waals surface area contributed by atoms with Crippen molar-refractivity contribution in [3.63, 3.8) is 0 Å². The van der Waals surface area contributed by atoms with E-state index in [0.29, 0.717) is 16.7 Å². The molecule has 9 nitrogen and oxygen atoms in total. The lowest BCUT2D eigenvalue weighted by Crippen LogP contribution is -2.46. The van der Waals surface area contributed by atoms with Crippen molar-refractivity contribution in [2.24, 2.45) is 5.73 Å². The molecule has 1 atom stereocenters. The highest BCUT2D eigenvalue weighted by Gasteiger charge is 2.22. The summed E-state index contributed by atoms with van der Waals surface area (Å²) in [6.07, 6.45) is -0.0355. The average Bonchev–Trinajstić information content (AvgIpc) is 2.77. The van der Waals surface area contributed by atoms with Crippen molar-refractivity contribution in [1.82, 2.24) is 5.32 Å². The van der Waals surface area contributed by atoms with Gasteiger partial charge in [-0.05, 0) is 35.9 Å². The fourth-order valence-corrected chi connectivity index (χ4v) is 3.10. The molecule has 3 N–H and O–H groups in total. The number of esters is 1. The molecular weight excluding hydrogens is 404 g/mol. The quantitative estimate of drug-likeness (QED) is 0.432. The number of nitrogens with one attached hydrogen (secondary N) is 1. The number of hydrogen-bond donors (Lipinski definition) is 2. The summed E-state index contributed by atoms with van der Waals surface area (Å²) >= 11 is 0. The van der Waals surface area contributed by atoms with Gasteiger partial charge in [-0.1, -0.05) is 6.07 Å². The van der Waals surface area contributed by atoms with Crippen molar-refractivity contribution >= 4 is 28.8 Å². The summed E-state index contributed by atoms with van der Waals surface area (Å²) in [5.74, 6) is -1.49. The molecule has 0 saturated carbocycles. The van der Waals surface area contributed by atoms with Gasteiger partial charge in [0.1, 0.15) is 17.4 Å². The van der Waals surface area contributed by atoms with Gasteiger partial charge in [-0.2, -0.15) is 0 Å². The molecule has 0 radical (unpaired) electrons. The number of methoxy groups -OCH3 is 2. The number of nitrogens with two attached hydrogens (primary N) is 1. The molecule has 0 spiro atoms. The number of rotatable bonds is 7. The minimum Gasteiger partial charge on any atom is -0.497 e. The van der Waals surface area contributed by atoms with E-state index in [4.69, 9.17) is 14.9 Å². The third-order valence-electron chi connectivity index (χ3n) is 4.66. The van der Waals surface area contributed by atoms with Gasteiger partial charge in [0.15, 0.2) is 0 Å². The topological polar surface area (TPSA) is 138 Å². The van der Waals surface area contributed by atoms with Crippen LogP contribution in [0.25, 0.3) is 11.0 Å². The normalized spacial score (nSPS) is 11.5. The van der Waals surface area contributed by atoms with Gasteiger partial charge >= 0.3 is 11.6 Å². The zero-order valence-corrected chi connectivity index (χ0v) is 16.8. The molecule has 1 aromatic heterocycles. The third kappa shape index (κ3) is 4.89. The first kappa shape index (κ1) is 21.6. The van der Waals surface area contributed by atoms with E-state index < -0.39 is 29.5 Å². The molecule has 3 aromatic rings. The van der Waals surface area contributed by atoms with E-state index in [0.717, 1.165) is 0 Å². The number of carbonyl (C=O) groups excluding carboxylic acids is 3. The number of benzene rings is 2. The van der Waals surface area contributed by atoms with Crippen LogP contribution in [0.3, 0.4) is 0 Å². The highest BCUT2D eigenvalue weighted by atomic mass is 16.5. The monoisotopic (exact) mass is 424 g/mol. The Bertz CT molecular complexity index is 1220. The van der Waals surface area contributed by atoms with Crippen LogP contribution in [-0.2, 0) is 16.0 Å². The number of fused-ring (bicyclic) bond motifs is 1. The summed E-state index contributed by atoms with van der Waals surface area (Å²) in [5, 5.41) is 3.13. The number of primary amides is 1. The minimum absolute atomic E-state index is 0.0355. The second-order valence-electron chi connectivity index (χ2n) is 6.66. The molecule has 0 unspecified atom stereocenters. The summed E-state index contributed by atoms with van der Waals surface area (Å²) in [5.41, 5.74) is 5.96. The summed E-state index contributed by atoms with van der Waals surface area (Å²) in [7, 11) is 2.71. The van der Waals surface area contributed by atoms with Gasteiger partial charge in [-0.3, -0.25) is 9.59 Å². The molecular formula is C22H20N2O7. The van der Waals surface area contributed by atoms with Crippen LogP contribution in [0.5, 0.6) is 5.75 Å². The fourth-order valence-electron chi connectivity index (χ4n) is 3.10. The summed E-state index contributed by atoms with van der Waals surface area (Å²) in [4.78, 5) is 48.3. The van der Waals surface area contributed by atoms with Gasteiger partial charge < -0.3 is 24.9 Å². The maximum absolute atomic E-state index is 12.7. The maximum atomic E-state index is 12.7. The Hall–Kier alpha value is -4.14. The van der Waals surface area contributed by atoms with Crippen LogP contribution in [0.1, 0.15) is 26.3 Å². The Morgan fingerprint density at radius 3 is 2.48 bits per heavy atom. The predicted octanol–water partition coefficient (Wildman–Crippen LogP) is 1.41. The van der Waals surface area contributed by atoms with Crippen LogP contribution in [0.4, 0.5) is 0 Å². The van der Waals surface area contributed by atoms with E-state index in [1.807, 2.05) is 0 Å². The Kier molecular flexibility index (Phi) is 6.35. The van der Waals surface area contributed by atoms with Crippen molar-refractivity contribution in [3.8, 4) is 5.75 Å². The third-order valence-corrected chi connectivity index (χ3v) is 4.66. The predicted molar refractivity (Wildman–Crippen MR) is 111 cm³/mol. The first-order valence-corrected chi connectivity index (χ1v) is 9.21. The number of ether oxygens (including phenoxy) is 2. The van der Waals surface area contributed by atoms with Crippen LogP contribution < -0.4 is 21.4 Å². The molecule has 0 aliphatic carbocycles. The van der Waals surface area contributed by atoms with E-state index in [9.17, 15) is 19.2 Å². The van der Waals surface area contributed by atoms with Gasteiger partial charge in [-0.15, -0.1) is 0 Å².